The van der Waals surface area contributed by atoms with Crippen LogP contribution in [0.15, 0.2) is 6.07 Å². The van der Waals surface area contributed by atoms with Crippen LogP contribution in [-0.4, -0.2) is 56.7 Å². The number of aromatic nitrogens is 4. The molecule has 0 bridgehead atoms. The molecule has 0 saturated heterocycles. The second-order valence-corrected chi connectivity index (χ2v) is 4.60. The van der Waals surface area contributed by atoms with Gasteiger partial charge in [-0.05, 0) is 18.5 Å². The molecule has 2 aromatic heterocycles. The van der Waals surface area contributed by atoms with Crippen molar-refractivity contribution in [1.82, 2.24) is 30.0 Å². The average Bonchev–Trinajstić information content (AvgIpc) is 2.90. The van der Waals surface area contributed by atoms with Crippen LogP contribution in [0.5, 0.6) is 0 Å². The number of fused-ring (bicyclic) bond motifs is 1. The molecule has 0 aliphatic heterocycles. The zero-order valence-electron chi connectivity index (χ0n) is 10.6. The highest BCUT2D eigenvalue weighted by Gasteiger charge is 2.20. The van der Waals surface area contributed by atoms with E-state index in [1.165, 1.54) is 15.5 Å². The topological polar surface area (TPSA) is 95.4 Å². The maximum Gasteiger partial charge on any atom is 0.269 e. The summed E-state index contributed by atoms with van der Waals surface area (Å²) >= 11 is 5.75. The van der Waals surface area contributed by atoms with Gasteiger partial charge in [-0.15, -0.1) is 10.2 Å². The highest BCUT2D eigenvalue weighted by Crippen LogP contribution is 2.09. The Bertz CT molecular complexity index is 631. The minimum absolute atomic E-state index is 0.131. The van der Waals surface area contributed by atoms with E-state index in [0.717, 1.165) is 0 Å². The van der Waals surface area contributed by atoms with Gasteiger partial charge in [0.05, 0.1) is 0 Å². The fraction of sp³-hybridized carbons (Fsp3) is 0.400. The number of hydrogen-bond acceptors (Lipinski definition) is 4. The summed E-state index contributed by atoms with van der Waals surface area (Å²) in [5.74, 6) is -0.603. The molecule has 0 saturated carbocycles. The molecule has 8 nitrogen and oxygen atoms in total. The van der Waals surface area contributed by atoms with Gasteiger partial charge in [-0.1, -0.05) is 0 Å². The Morgan fingerprint density at radius 3 is 2.74 bits per heavy atom. The van der Waals surface area contributed by atoms with Crippen LogP contribution in [0.2, 0.25) is 5.28 Å². The Hall–Kier alpha value is -2.09. The minimum atomic E-state index is -0.619. The summed E-state index contributed by atoms with van der Waals surface area (Å²) in [6.07, 6.45) is 0. The number of halogens is 1. The molecule has 1 unspecified atom stereocenters. The molecular formula is C10H13ClN6O2. The summed E-state index contributed by atoms with van der Waals surface area (Å²) in [4.78, 5) is 25.0. The fourth-order valence-corrected chi connectivity index (χ4v) is 1.76. The molecule has 2 rings (SSSR count). The number of amides is 2. The van der Waals surface area contributed by atoms with E-state index in [0.29, 0.717) is 5.65 Å². The van der Waals surface area contributed by atoms with Crippen molar-refractivity contribution < 1.29 is 9.59 Å². The lowest BCUT2D eigenvalue weighted by molar-refractivity contribution is -0.130. The highest BCUT2D eigenvalue weighted by atomic mass is 35.5. The Labute approximate surface area is 113 Å². The van der Waals surface area contributed by atoms with E-state index in [4.69, 9.17) is 11.6 Å². The van der Waals surface area contributed by atoms with Crippen LogP contribution in [0.1, 0.15) is 17.4 Å². The van der Waals surface area contributed by atoms with Crippen molar-refractivity contribution in [2.45, 2.75) is 13.0 Å². The van der Waals surface area contributed by atoms with Crippen LogP contribution >= 0.6 is 11.6 Å². The number of H-pyrrole nitrogens is 1. The van der Waals surface area contributed by atoms with E-state index in [9.17, 15) is 9.59 Å². The second kappa shape index (κ2) is 4.88. The van der Waals surface area contributed by atoms with Gasteiger partial charge in [0.15, 0.2) is 5.65 Å². The van der Waals surface area contributed by atoms with Gasteiger partial charge in [-0.25, -0.2) is 4.52 Å². The number of carbonyl (C=O) groups excluding carboxylic acids is 2. The number of rotatable bonds is 3. The van der Waals surface area contributed by atoms with E-state index in [1.54, 1.807) is 21.0 Å². The van der Waals surface area contributed by atoms with E-state index in [-0.39, 0.29) is 16.9 Å². The van der Waals surface area contributed by atoms with Crippen LogP contribution in [0, 0.1) is 0 Å². The molecule has 2 amide bonds. The minimum Gasteiger partial charge on any atom is -0.347 e. The van der Waals surface area contributed by atoms with Gasteiger partial charge in [-0.3, -0.25) is 14.7 Å². The van der Waals surface area contributed by atoms with Crippen molar-refractivity contribution in [3.63, 3.8) is 0 Å². The van der Waals surface area contributed by atoms with E-state index < -0.39 is 11.9 Å². The highest BCUT2D eigenvalue weighted by molar-refractivity contribution is 6.28. The first-order valence-corrected chi connectivity index (χ1v) is 5.89. The Kier molecular flexibility index (Phi) is 3.43. The predicted octanol–water partition coefficient (Wildman–Crippen LogP) is -0.0827. The summed E-state index contributed by atoms with van der Waals surface area (Å²) in [7, 11) is 3.25. The molecule has 0 fully saturated rings. The van der Waals surface area contributed by atoms with Crippen molar-refractivity contribution in [3.05, 3.63) is 17.0 Å². The van der Waals surface area contributed by atoms with Gasteiger partial charge >= 0.3 is 0 Å². The molecule has 2 aromatic rings. The molecule has 0 aromatic carbocycles. The monoisotopic (exact) mass is 284 g/mol. The van der Waals surface area contributed by atoms with Gasteiger partial charge < -0.3 is 10.2 Å². The quantitative estimate of drug-likeness (QED) is 0.824. The SMILES string of the molecule is CC(NC(=O)c1cc2nnc(Cl)n2[nH]1)C(=O)N(C)C. The largest absolute Gasteiger partial charge is 0.347 e. The molecule has 19 heavy (non-hydrogen) atoms. The molecule has 0 aliphatic rings. The van der Waals surface area contributed by atoms with Crippen molar-refractivity contribution in [2.24, 2.45) is 0 Å². The molecule has 0 spiro atoms. The van der Waals surface area contributed by atoms with Crippen molar-refractivity contribution in [2.75, 3.05) is 14.1 Å². The first-order valence-electron chi connectivity index (χ1n) is 5.52. The van der Waals surface area contributed by atoms with Gasteiger partial charge in [0.1, 0.15) is 11.7 Å². The third-order valence-electron chi connectivity index (χ3n) is 2.56. The number of carbonyl (C=O) groups is 2. The smallest absolute Gasteiger partial charge is 0.269 e. The molecule has 0 aliphatic carbocycles. The first kappa shape index (κ1) is 13.3. The molecule has 9 heteroatoms. The normalized spacial score (nSPS) is 12.4. The van der Waals surface area contributed by atoms with Gasteiger partial charge in [0.2, 0.25) is 11.2 Å². The lowest BCUT2D eigenvalue weighted by Crippen LogP contribution is -2.44. The van der Waals surface area contributed by atoms with E-state index in [1.807, 2.05) is 0 Å². The molecule has 2 N–H and O–H groups in total. The van der Waals surface area contributed by atoms with E-state index >= 15 is 0 Å². The third kappa shape index (κ3) is 2.53. The van der Waals surface area contributed by atoms with Gasteiger partial charge in [0.25, 0.3) is 5.91 Å². The molecule has 0 radical (unpaired) electrons. The first-order chi connectivity index (χ1) is 8.90. The second-order valence-electron chi connectivity index (χ2n) is 4.26. The van der Waals surface area contributed by atoms with Crippen molar-refractivity contribution >= 4 is 29.1 Å². The average molecular weight is 285 g/mol. The standard InChI is InChI=1S/C10H13ClN6O2/c1-5(9(19)16(2)3)12-8(18)6-4-7-13-14-10(11)17(7)15-6/h4-5,15H,1-3H3,(H,12,18). The molecule has 1 atom stereocenters. The third-order valence-corrected chi connectivity index (χ3v) is 2.80. The van der Waals surface area contributed by atoms with Crippen LogP contribution in [0.3, 0.4) is 0 Å². The Morgan fingerprint density at radius 2 is 2.16 bits per heavy atom. The zero-order valence-corrected chi connectivity index (χ0v) is 11.4. The Morgan fingerprint density at radius 1 is 1.47 bits per heavy atom. The summed E-state index contributed by atoms with van der Waals surface area (Å²) in [5, 5.41) is 12.8. The summed E-state index contributed by atoms with van der Waals surface area (Å²) < 4.78 is 1.37. The van der Waals surface area contributed by atoms with Crippen LogP contribution in [0.25, 0.3) is 5.65 Å². The lowest BCUT2D eigenvalue weighted by Gasteiger charge is -2.17. The van der Waals surface area contributed by atoms with Crippen LogP contribution in [-0.2, 0) is 4.79 Å². The summed E-state index contributed by atoms with van der Waals surface area (Å²) in [6, 6.07) is 0.882. The number of likely N-dealkylation sites (N-methyl/N-ethyl adjacent to an activating group) is 1. The van der Waals surface area contributed by atoms with E-state index in [2.05, 4.69) is 20.6 Å². The zero-order chi connectivity index (χ0) is 14.2. The summed E-state index contributed by atoms with van der Waals surface area (Å²) in [6.45, 7) is 1.61. The van der Waals surface area contributed by atoms with Gasteiger partial charge in [-0.2, -0.15) is 0 Å². The fourth-order valence-electron chi connectivity index (χ4n) is 1.59. The molecule has 102 valence electrons. The number of nitrogens with one attached hydrogen (secondary N) is 2. The van der Waals surface area contributed by atoms with Gasteiger partial charge in [0, 0.05) is 20.2 Å². The predicted molar refractivity (Wildman–Crippen MR) is 68.0 cm³/mol. The number of nitrogens with zero attached hydrogens (tertiary/aromatic N) is 4. The number of hydrogen-bond donors (Lipinski definition) is 2. The van der Waals surface area contributed by atoms with Crippen LogP contribution in [0.4, 0.5) is 0 Å². The Balaban J connectivity index is 2.13. The molecular weight excluding hydrogens is 272 g/mol. The van der Waals surface area contributed by atoms with Crippen molar-refractivity contribution in [1.29, 1.82) is 0 Å². The lowest BCUT2D eigenvalue weighted by atomic mass is 10.3. The maximum atomic E-state index is 11.9. The summed E-state index contributed by atoms with van der Waals surface area (Å²) in [5.41, 5.74) is 0.687. The van der Waals surface area contributed by atoms with Crippen LogP contribution < -0.4 is 5.32 Å². The number of aromatic amines is 1. The van der Waals surface area contributed by atoms with Crippen molar-refractivity contribution in [3.8, 4) is 0 Å². The molecule has 2 heterocycles. The maximum absolute atomic E-state index is 11.9.